The van der Waals surface area contributed by atoms with E-state index in [1.165, 1.54) is 6.26 Å². The monoisotopic (exact) mass is 270 g/mol. The maximum atomic E-state index is 11.4. The van der Waals surface area contributed by atoms with Gasteiger partial charge in [-0.15, -0.1) is 0 Å². The van der Waals surface area contributed by atoms with Gasteiger partial charge < -0.3 is 4.42 Å². The number of fused-ring (bicyclic) bond motifs is 1. The molecule has 4 heteroatoms. The summed E-state index contributed by atoms with van der Waals surface area (Å²) in [4.78, 5) is 11.4. The first-order chi connectivity index (χ1) is 8.00. The van der Waals surface area contributed by atoms with Gasteiger partial charge in [0.15, 0.2) is 0 Å². The van der Waals surface area contributed by atoms with Crippen LogP contribution in [-0.4, -0.2) is 5.24 Å². The minimum Gasteiger partial charge on any atom is -0.463 e. The van der Waals surface area contributed by atoms with E-state index in [1.807, 2.05) is 32.0 Å². The molecule has 0 aliphatic carbocycles. The van der Waals surface area contributed by atoms with Gasteiger partial charge in [0, 0.05) is 5.39 Å². The number of halogens is 2. The summed E-state index contributed by atoms with van der Waals surface area (Å²) in [6.07, 6.45) is 1.49. The van der Waals surface area contributed by atoms with E-state index in [4.69, 9.17) is 27.6 Å². The highest BCUT2D eigenvalue weighted by Crippen LogP contribution is 2.32. The Morgan fingerprint density at radius 3 is 2.65 bits per heavy atom. The van der Waals surface area contributed by atoms with Crippen LogP contribution in [0.4, 0.5) is 0 Å². The first kappa shape index (κ1) is 12.5. The quantitative estimate of drug-likeness (QED) is 0.764. The van der Waals surface area contributed by atoms with Gasteiger partial charge in [0.05, 0.1) is 10.9 Å². The number of benzene rings is 1. The molecule has 2 aromatic rings. The van der Waals surface area contributed by atoms with Crippen molar-refractivity contribution in [3.8, 4) is 0 Å². The van der Waals surface area contributed by atoms with Crippen molar-refractivity contribution in [1.29, 1.82) is 0 Å². The summed E-state index contributed by atoms with van der Waals surface area (Å²) in [6.45, 7) is 3.93. The minimum atomic E-state index is -0.350. The van der Waals surface area contributed by atoms with Crippen LogP contribution in [0.25, 0.3) is 11.0 Å². The zero-order chi connectivity index (χ0) is 12.6. The van der Waals surface area contributed by atoms with Gasteiger partial charge in [-0.25, -0.2) is 0 Å². The molecule has 0 aliphatic rings. The summed E-state index contributed by atoms with van der Waals surface area (Å²) < 4.78 is 5.31. The van der Waals surface area contributed by atoms with Crippen LogP contribution >= 0.6 is 23.2 Å². The van der Waals surface area contributed by atoms with Crippen LogP contribution in [-0.2, 0) is 4.79 Å². The van der Waals surface area contributed by atoms with E-state index in [9.17, 15) is 4.79 Å². The van der Waals surface area contributed by atoms with Gasteiger partial charge in [-0.3, -0.25) is 4.79 Å². The molecular formula is C13H12Cl2O2. The molecule has 2 nitrogen and oxygen atoms in total. The molecule has 0 N–H and O–H groups in total. The Morgan fingerprint density at radius 1 is 1.35 bits per heavy atom. The average Bonchev–Trinajstić information content (AvgIpc) is 2.59. The summed E-state index contributed by atoms with van der Waals surface area (Å²) in [5.41, 5.74) is 1.54. The van der Waals surface area contributed by atoms with Crippen LogP contribution in [0, 0.1) is 5.92 Å². The number of hydrogen-bond donors (Lipinski definition) is 0. The summed E-state index contributed by atoms with van der Waals surface area (Å²) >= 11 is 11.6. The molecule has 17 heavy (non-hydrogen) atoms. The molecule has 90 valence electrons. The second-order valence-electron chi connectivity index (χ2n) is 4.37. The third-order valence-electron chi connectivity index (χ3n) is 2.82. The fourth-order valence-electron chi connectivity index (χ4n) is 1.98. The number of furan rings is 1. The molecule has 0 radical (unpaired) electrons. The molecule has 1 atom stereocenters. The molecule has 0 saturated carbocycles. The number of rotatable bonds is 3. The molecule has 1 aromatic carbocycles. The normalized spacial score (nSPS) is 13.2. The lowest BCUT2D eigenvalue weighted by molar-refractivity contribution is -0.113. The lowest BCUT2D eigenvalue weighted by Crippen LogP contribution is -2.13. The van der Waals surface area contributed by atoms with Crippen LogP contribution in [0.15, 0.2) is 28.9 Å². The first-order valence-corrected chi connectivity index (χ1v) is 6.12. The molecular weight excluding hydrogens is 259 g/mol. The second-order valence-corrected chi connectivity index (χ2v) is 5.14. The maximum absolute atomic E-state index is 11.4. The molecule has 0 aliphatic heterocycles. The van der Waals surface area contributed by atoms with Gasteiger partial charge in [0.2, 0.25) is 5.24 Å². The molecule has 0 bridgehead atoms. The van der Waals surface area contributed by atoms with Gasteiger partial charge >= 0.3 is 0 Å². The molecule has 0 amide bonds. The number of hydrogen-bond acceptors (Lipinski definition) is 2. The molecule has 1 unspecified atom stereocenters. The molecule has 0 saturated heterocycles. The largest absolute Gasteiger partial charge is 0.463 e. The average molecular weight is 271 g/mol. The fraction of sp³-hybridized carbons (Fsp3) is 0.308. The molecule has 1 heterocycles. The Hall–Kier alpha value is -0.990. The van der Waals surface area contributed by atoms with Crippen LogP contribution in [0.2, 0.25) is 5.02 Å². The zero-order valence-electron chi connectivity index (χ0n) is 9.54. The topological polar surface area (TPSA) is 30.2 Å². The van der Waals surface area contributed by atoms with E-state index in [1.54, 1.807) is 0 Å². The van der Waals surface area contributed by atoms with Crippen molar-refractivity contribution in [2.45, 2.75) is 19.8 Å². The Labute approximate surface area is 110 Å². The smallest absolute Gasteiger partial charge is 0.229 e. The van der Waals surface area contributed by atoms with Crippen molar-refractivity contribution in [2.24, 2.45) is 5.92 Å². The van der Waals surface area contributed by atoms with Crippen LogP contribution < -0.4 is 0 Å². The van der Waals surface area contributed by atoms with Gasteiger partial charge in [-0.2, -0.15) is 0 Å². The molecule has 0 fully saturated rings. The van der Waals surface area contributed by atoms with Gasteiger partial charge in [0.25, 0.3) is 0 Å². The molecule has 2 rings (SSSR count). The van der Waals surface area contributed by atoms with Gasteiger partial charge in [0.1, 0.15) is 11.8 Å². The van der Waals surface area contributed by atoms with E-state index >= 15 is 0 Å². The molecule has 1 aromatic heterocycles. The third kappa shape index (κ3) is 2.33. The van der Waals surface area contributed by atoms with E-state index in [0.717, 1.165) is 10.9 Å². The van der Waals surface area contributed by atoms with Crippen molar-refractivity contribution in [3.05, 3.63) is 35.0 Å². The lowest BCUT2D eigenvalue weighted by Gasteiger charge is -2.16. The summed E-state index contributed by atoms with van der Waals surface area (Å²) in [5.74, 6) is -0.173. The van der Waals surface area contributed by atoms with E-state index in [-0.39, 0.29) is 17.1 Å². The summed E-state index contributed by atoms with van der Waals surface area (Å²) in [5, 5.41) is 1.07. The van der Waals surface area contributed by atoms with Crippen molar-refractivity contribution in [3.63, 3.8) is 0 Å². The van der Waals surface area contributed by atoms with Gasteiger partial charge in [-0.1, -0.05) is 31.5 Å². The third-order valence-corrected chi connectivity index (χ3v) is 3.35. The first-order valence-electron chi connectivity index (χ1n) is 5.36. The van der Waals surface area contributed by atoms with Crippen molar-refractivity contribution < 1.29 is 9.21 Å². The van der Waals surface area contributed by atoms with E-state index in [0.29, 0.717) is 10.6 Å². The van der Waals surface area contributed by atoms with Gasteiger partial charge in [-0.05, 0) is 35.2 Å². The molecule has 0 spiro atoms. The lowest BCUT2D eigenvalue weighted by atomic mass is 9.89. The zero-order valence-corrected chi connectivity index (χ0v) is 11.0. The fourth-order valence-corrected chi connectivity index (χ4v) is 2.56. The number of carbonyl (C=O) groups excluding carboxylic acids is 1. The Balaban J connectivity index is 2.51. The van der Waals surface area contributed by atoms with Crippen LogP contribution in [0.5, 0.6) is 0 Å². The number of carbonyl (C=O) groups is 1. The maximum Gasteiger partial charge on any atom is 0.229 e. The Morgan fingerprint density at radius 2 is 2.06 bits per heavy atom. The van der Waals surface area contributed by atoms with Crippen molar-refractivity contribution >= 4 is 39.4 Å². The van der Waals surface area contributed by atoms with E-state index < -0.39 is 0 Å². The summed E-state index contributed by atoms with van der Waals surface area (Å²) in [7, 11) is 0. The summed E-state index contributed by atoms with van der Waals surface area (Å²) in [6, 6.07) is 5.55. The Kier molecular flexibility index (Phi) is 3.45. The van der Waals surface area contributed by atoms with Crippen LogP contribution in [0.3, 0.4) is 0 Å². The van der Waals surface area contributed by atoms with Crippen LogP contribution in [0.1, 0.15) is 25.3 Å². The second kappa shape index (κ2) is 4.71. The van der Waals surface area contributed by atoms with E-state index in [2.05, 4.69) is 0 Å². The predicted molar refractivity (Wildman–Crippen MR) is 69.7 cm³/mol. The highest BCUT2D eigenvalue weighted by molar-refractivity contribution is 6.64. The standard InChI is InChI=1S/C13H12Cl2O2/c1-7(2)12(13(15)16)8-3-4-9-10(14)6-17-11(9)5-8/h3-7,12H,1-2H3. The minimum absolute atomic E-state index is 0.142. The van der Waals surface area contributed by atoms with Crippen molar-refractivity contribution in [2.75, 3.05) is 0 Å². The van der Waals surface area contributed by atoms with Crippen molar-refractivity contribution in [1.82, 2.24) is 0 Å². The highest BCUT2D eigenvalue weighted by atomic mass is 35.5. The SMILES string of the molecule is CC(C)C(C(=O)Cl)c1ccc2c(Cl)coc2c1. The highest BCUT2D eigenvalue weighted by Gasteiger charge is 2.23. The predicted octanol–water partition coefficient (Wildman–Crippen LogP) is 4.59. The Bertz CT molecular complexity index is 558.